The van der Waals surface area contributed by atoms with Crippen molar-refractivity contribution in [1.82, 2.24) is 20.0 Å². The number of nitrogens with one attached hydrogen (secondary N) is 1. The summed E-state index contributed by atoms with van der Waals surface area (Å²) in [4.78, 5) is 13.3. The van der Waals surface area contributed by atoms with Gasteiger partial charge in [-0.3, -0.25) is 0 Å². The minimum Gasteiger partial charge on any atom is -0.475 e. The quantitative estimate of drug-likeness (QED) is 0.592. The van der Waals surface area contributed by atoms with E-state index in [1.807, 2.05) is 0 Å². The summed E-state index contributed by atoms with van der Waals surface area (Å²) in [5.74, 6) is -1.30. The standard InChI is InChI=1S/C16H15F3N4O.C2HF3O2/c1-23-12-3-2-11(16(17,18)19)5-10(12)6-13(23)15-21-14(22-24-15)4-9-7-20-8-9;3-2(4,5)1(6)7/h2-3,5-6,9,20H,4,7-8H2,1H3;(H,6,7). The maximum Gasteiger partial charge on any atom is 0.490 e. The molecule has 1 aliphatic heterocycles. The van der Waals surface area contributed by atoms with Crippen LogP contribution in [0.1, 0.15) is 11.4 Å². The van der Waals surface area contributed by atoms with Crippen LogP contribution in [-0.4, -0.2) is 45.0 Å². The van der Waals surface area contributed by atoms with Gasteiger partial charge in [-0.25, -0.2) is 4.79 Å². The first kappa shape index (κ1) is 22.6. The number of nitrogens with zero attached hydrogens (tertiary/aromatic N) is 3. The predicted octanol–water partition coefficient (Wildman–Crippen LogP) is 3.64. The normalized spacial score (nSPS) is 14.8. The number of fused-ring (bicyclic) bond motifs is 1. The van der Waals surface area contributed by atoms with Gasteiger partial charge in [-0.05, 0) is 43.3 Å². The average Bonchev–Trinajstić information content (AvgIpc) is 3.21. The first-order chi connectivity index (χ1) is 14.4. The first-order valence-corrected chi connectivity index (χ1v) is 8.86. The monoisotopic (exact) mass is 450 g/mol. The first-order valence-electron chi connectivity index (χ1n) is 8.86. The summed E-state index contributed by atoms with van der Waals surface area (Å²) in [5.41, 5.74) is 0.617. The lowest BCUT2D eigenvalue weighted by Gasteiger charge is -2.25. The van der Waals surface area contributed by atoms with Gasteiger partial charge in [0.25, 0.3) is 5.89 Å². The van der Waals surface area contributed by atoms with Crippen LogP contribution in [0, 0.1) is 5.92 Å². The van der Waals surface area contributed by atoms with E-state index in [2.05, 4.69) is 15.5 Å². The van der Waals surface area contributed by atoms with Gasteiger partial charge in [-0.2, -0.15) is 31.3 Å². The summed E-state index contributed by atoms with van der Waals surface area (Å²) < 4.78 is 77.4. The Hall–Kier alpha value is -3.09. The number of carboxylic acids is 1. The van der Waals surface area contributed by atoms with E-state index in [-0.39, 0.29) is 0 Å². The lowest BCUT2D eigenvalue weighted by Crippen LogP contribution is -2.43. The van der Waals surface area contributed by atoms with Gasteiger partial charge < -0.3 is 19.5 Å². The maximum absolute atomic E-state index is 12.9. The number of alkyl halides is 6. The van der Waals surface area contributed by atoms with E-state index >= 15 is 0 Å². The molecule has 168 valence electrons. The lowest BCUT2D eigenvalue weighted by atomic mass is 9.99. The summed E-state index contributed by atoms with van der Waals surface area (Å²) in [6, 6.07) is 5.32. The van der Waals surface area contributed by atoms with E-state index in [1.165, 1.54) is 6.07 Å². The number of hydrogen-bond donors (Lipinski definition) is 2. The highest BCUT2D eigenvalue weighted by Gasteiger charge is 2.38. The van der Waals surface area contributed by atoms with E-state index in [0.717, 1.165) is 31.6 Å². The second kappa shape index (κ2) is 8.21. The zero-order valence-electron chi connectivity index (χ0n) is 15.9. The van der Waals surface area contributed by atoms with Gasteiger partial charge in [0.05, 0.1) is 5.56 Å². The third kappa shape index (κ3) is 5.16. The molecule has 3 aromatic rings. The number of carbonyl (C=O) groups is 1. The molecule has 0 saturated carbocycles. The van der Waals surface area contributed by atoms with Gasteiger partial charge in [-0.1, -0.05) is 5.16 Å². The Morgan fingerprint density at radius 3 is 2.39 bits per heavy atom. The number of hydrogen-bond acceptors (Lipinski definition) is 5. The molecule has 1 saturated heterocycles. The van der Waals surface area contributed by atoms with Gasteiger partial charge >= 0.3 is 18.3 Å². The van der Waals surface area contributed by atoms with Gasteiger partial charge in [0.15, 0.2) is 5.82 Å². The third-order valence-corrected chi connectivity index (χ3v) is 4.64. The number of rotatable bonds is 3. The van der Waals surface area contributed by atoms with Crippen LogP contribution in [0.2, 0.25) is 0 Å². The Morgan fingerprint density at radius 2 is 1.87 bits per heavy atom. The summed E-state index contributed by atoms with van der Waals surface area (Å²) in [6.07, 6.45) is -8.71. The molecule has 0 spiro atoms. The Bertz CT molecular complexity index is 1080. The van der Waals surface area contributed by atoms with Gasteiger partial charge in [-0.15, -0.1) is 0 Å². The van der Waals surface area contributed by atoms with Crippen molar-refractivity contribution in [2.45, 2.75) is 18.8 Å². The molecule has 31 heavy (non-hydrogen) atoms. The van der Waals surface area contributed by atoms with E-state index in [4.69, 9.17) is 14.4 Å². The predicted molar refractivity (Wildman–Crippen MR) is 95.0 cm³/mol. The summed E-state index contributed by atoms with van der Waals surface area (Å²) >= 11 is 0. The number of benzene rings is 1. The van der Waals surface area contributed by atoms with Crippen molar-refractivity contribution in [3.05, 3.63) is 35.7 Å². The minimum atomic E-state index is -5.08. The zero-order chi connectivity index (χ0) is 23.0. The largest absolute Gasteiger partial charge is 0.490 e. The summed E-state index contributed by atoms with van der Waals surface area (Å²) in [7, 11) is 1.77. The fourth-order valence-electron chi connectivity index (χ4n) is 2.92. The fraction of sp³-hybridized carbons (Fsp3) is 0.389. The van der Waals surface area contributed by atoms with E-state index in [9.17, 15) is 26.3 Å². The van der Waals surface area contributed by atoms with Crippen molar-refractivity contribution >= 4 is 16.9 Å². The fourth-order valence-corrected chi connectivity index (χ4v) is 2.92. The van der Waals surface area contributed by atoms with E-state index in [1.54, 1.807) is 17.7 Å². The summed E-state index contributed by atoms with van der Waals surface area (Å²) in [6.45, 7) is 1.89. The van der Waals surface area contributed by atoms with Gasteiger partial charge in [0.2, 0.25) is 0 Å². The second-order valence-corrected chi connectivity index (χ2v) is 6.91. The number of halogens is 6. The average molecular weight is 450 g/mol. The summed E-state index contributed by atoms with van der Waals surface area (Å²) in [5, 5.41) is 14.8. The van der Waals surface area contributed by atoms with Crippen molar-refractivity contribution in [2.24, 2.45) is 13.0 Å². The Labute approximate surface area is 170 Å². The highest BCUT2D eigenvalue weighted by atomic mass is 19.4. The zero-order valence-corrected chi connectivity index (χ0v) is 15.9. The highest BCUT2D eigenvalue weighted by Crippen LogP contribution is 2.33. The van der Waals surface area contributed by atoms with Gasteiger partial charge in [0.1, 0.15) is 5.69 Å². The molecule has 0 aliphatic carbocycles. The van der Waals surface area contributed by atoms with Crippen LogP contribution in [0.5, 0.6) is 0 Å². The Kier molecular flexibility index (Phi) is 5.98. The van der Waals surface area contributed by atoms with Crippen molar-refractivity contribution in [1.29, 1.82) is 0 Å². The van der Waals surface area contributed by atoms with Crippen molar-refractivity contribution in [3.63, 3.8) is 0 Å². The molecule has 0 bridgehead atoms. The lowest BCUT2D eigenvalue weighted by molar-refractivity contribution is -0.192. The Morgan fingerprint density at radius 1 is 1.23 bits per heavy atom. The number of aliphatic carboxylic acids is 1. The van der Waals surface area contributed by atoms with Crippen molar-refractivity contribution in [3.8, 4) is 11.6 Å². The van der Waals surface area contributed by atoms with E-state index < -0.39 is 23.9 Å². The van der Waals surface area contributed by atoms with Gasteiger partial charge in [0, 0.05) is 24.4 Å². The minimum absolute atomic E-state index is 0.324. The highest BCUT2D eigenvalue weighted by molar-refractivity contribution is 5.86. The molecule has 2 aromatic heterocycles. The molecular formula is C18H16F6N4O3. The smallest absolute Gasteiger partial charge is 0.475 e. The van der Waals surface area contributed by atoms with E-state index in [0.29, 0.717) is 34.2 Å². The molecule has 0 radical (unpaired) electrons. The van der Waals surface area contributed by atoms with Crippen LogP contribution in [0.4, 0.5) is 26.3 Å². The molecule has 1 fully saturated rings. The SMILES string of the molecule is Cn1c(-c2nc(CC3CNC3)no2)cc2cc(C(F)(F)F)ccc21.O=C(O)C(F)(F)F. The molecular weight excluding hydrogens is 434 g/mol. The van der Waals surface area contributed by atoms with Crippen molar-refractivity contribution in [2.75, 3.05) is 13.1 Å². The van der Waals surface area contributed by atoms with Crippen molar-refractivity contribution < 1.29 is 40.8 Å². The van der Waals surface area contributed by atoms with Crippen LogP contribution in [0.3, 0.4) is 0 Å². The maximum atomic E-state index is 12.9. The molecule has 4 rings (SSSR count). The molecule has 1 aliphatic rings. The number of aromatic nitrogens is 3. The van der Waals surface area contributed by atoms with Crippen LogP contribution >= 0.6 is 0 Å². The molecule has 1 aromatic carbocycles. The molecule has 2 N–H and O–H groups in total. The Balaban J connectivity index is 0.000000339. The third-order valence-electron chi connectivity index (χ3n) is 4.64. The molecule has 0 atom stereocenters. The van der Waals surface area contributed by atoms with Crippen LogP contribution in [-0.2, 0) is 24.4 Å². The molecule has 13 heteroatoms. The van der Waals surface area contributed by atoms with Crippen LogP contribution < -0.4 is 5.32 Å². The molecule has 0 unspecified atom stereocenters. The topological polar surface area (TPSA) is 93.2 Å². The second-order valence-electron chi connectivity index (χ2n) is 6.91. The molecule has 7 nitrogen and oxygen atoms in total. The van der Waals surface area contributed by atoms with Crippen LogP contribution in [0.25, 0.3) is 22.5 Å². The van der Waals surface area contributed by atoms with Crippen LogP contribution in [0.15, 0.2) is 28.8 Å². The number of carboxylic acid groups (broad SMARTS) is 1. The molecule has 0 amide bonds. The molecule has 3 heterocycles. The number of aryl methyl sites for hydroxylation is 1.